The van der Waals surface area contributed by atoms with E-state index in [1.807, 2.05) is 0 Å². The molecular formula is C12H17NS. The van der Waals surface area contributed by atoms with Crippen LogP contribution in [0.2, 0.25) is 0 Å². The molecule has 1 aliphatic rings. The summed E-state index contributed by atoms with van der Waals surface area (Å²) in [4.78, 5) is 2.45. The van der Waals surface area contributed by atoms with Crippen LogP contribution in [-0.4, -0.2) is 18.8 Å². The van der Waals surface area contributed by atoms with Crippen LogP contribution in [0.25, 0.3) is 0 Å². The average Bonchev–Trinajstić information content (AvgIpc) is 2.18. The lowest BCUT2D eigenvalue weighted by molar-refractivity contribution is 0.538. The van der Waals surface area contributed by atoms with Crippen molar-refractivity contribution < 1.29 is 0 Å². The summed E-state index contributed by atoms with van der Waals surface area (Å²) in [6.45, 7) is 4.56. The van der Waals surface area contributed by atoms with E-state index in [-0.39, 0.29) is 0 Å². The molecule has 0 aromatic heterocycles. The number of thiol groups is 1. The summed E-state index contributed by atoms with van der Waals surface area (Å²) in [5.74, 6) is 1.70. The quantitative estimate of drug-likeness (QED) is 0.730. The summed E-state index contributed by atoms with van der Waals surface area (Å²) in [5, 5.41) is 0. The molecule has 0 fully saturated rings. The minimum absolute atomic E-state index is 0.768. The zero-order valence-electron chi connectivity index (χ0n) is 8.61. The Morgan fingerprint density at radius 1 is 1.43 bits per heavy atom. The largest absolute Gasteiger partial charge is 0.370 e. The van der Waals surface area contributed by atoms with Gasteiger partial charge in [0.2, 0.25) is 0 Å². The topological polar surface area (TPSA) is 3.24 Å². The van der Waals surface area contributed by atoms with Crippen LogP contribution in [-0.2, 0) is 6.42 Å². The van der Waals surface area contributed by atoms with Crippen molar-refractivity contribution in [3.05, 3.63) is 29.8 Å². The molecule has 0 saturated carbocycles. The molecule has 0 spiro atoms. The Balaban J connectivity index is 2.28. The van der Waals surface area contributed by atoms with Gasteiger partial charge in [0.25, 0.3) is 0 Å². The fraction of sp³-hybridized carbons (Fsp3) is 0.500. The number of benzene rings is 1. The molecule has 0 aliphatic carbocycles. The number of nitrogens with zero attached hydrogens (tertiary/aromatic N) is 1. The predicted octanol–water partition coefficient (Wildman–Crippen LogP) is 2.62. The molecule has 1 unspecified atom stereocenters. The third-order valence-electron chi connectivity index (χ3n) is 2.80. The van der Waals surface area contributed by atoms with Crippen LogP contribution in [0.5, 0.6) is 0 Å². The summed E-state index contributed by atoms with van der Waals surface area (Å²) in [5.41, 5.74) is 2.91. The van der Waals surface area contributed by atoms with Crippen molar-refractivity contribution in [3.8, 4) is 0 Å². The van der Waals surface area contributed by atoms with Crippen LogP contribution in [0.1, 0.15) is 12.5 Å². The number of hydrogen-bond donors (Lipinski definition) is 1. The van der Waals surface area contributed by atoms with E-state index in [0.717, 1.165) is 18.2 Å². The van der Waals surface area contributed by atoms with Gasteiger partial charge in [0.15, 0.2) is 0 Å². The Hall–Kier alpha value is -0.630. The van der Waals surface area contributed by atoms with Crippen LogP contribution in [0.3, 0.4) is 0 Å². The molecule has 0 radical (unpaired) electrons. The van der Waals surface area contributed by atoms with Crippen molar-refractivity contribution in [2.24, 2.45) is 5.92 Å². The molecule has 1 aromatic rings. The molecule has 14 heavy (non-hydrogen) atoms. The molecule has 1 aromatic carbocycles. The van der Waals surface area contributed by atoms with Crippen molar-refractivity contribution in [1.82, 2.24) is 0 Å². The minimum atomic E-state index is 0.768. The van der Waals surface area contributed by atoms with Gasteiger partial charge in [0.1, 0.15) is 0 Å². The van der Waals surface area contributed by atoms with Gasteiger partial charge >= 0.3 is 0 Å². The Kier molecular flexibility index (Phi) is 3.02. The van der Waals surface area contributed by atoms with Gasteiger partial charge in [0, 0.05) is 24.5 Å². The minimum Gasteiger partial charge on any atom is -0.370 e. The molecule has 1 aliphatic heterocycles. The molecular weight excluding hydrogens is 190 g/mol. The Bertz CT molecular complexity index is 311. The average molecular weight is 207 g/mol. The first-order valence-electron chi connectivity index (χ1n) is 5.25. The molecule has 76 valence electrons. The van der Waals surface area contributed by atoms with Crippen LogP contribution < -0.4 is 4.90 Å². The van der Waals surface area contributed by atoms with Crippen molar-refractivity contribution >= 4 is 18.3 Å². The van der Waals surface area contributed by atoms with Crippen LogP contribution in [0.15, 0.2) is 24.3 Å². The van der Waals surface area contributed by atoms with Gasteiger partial charge in [-0.15, -0.1) is 0 Å². The third-order valence-corrected chi connectivity index (χ3v) is 3.00. The van der Waals surface area contributed by atoms with Gasteiger partial charge in [-0.1, -0.05) is 25.1 Å². The highest BCUT2D eigenvalue weighted by Gasteiger charge is 2.20. The lowest BCUT2D eigenvalue weighted by Crippen LogP contribution is -2.35. The summed E-state index contributed by atoms with van der Waals surface area (Å²) in [6, 6.07) is 8.73. The zero-order chi connectivity index (χ0) is 9.97. The van der Waals surface area contributed by atoms with E-state index in [1.54, 1.807) is 0 Å². The maximum Gasteiger partial charge on any atom is 0.0399 e. The third kappa shape index (κ3) is 1.90. The molecule has 0 amide bonds. The number of hydrogen-bond acceptors (Lipinski definition) is 2. The van der Waals surface area contributed by atoms with E-state index in [4.69, 9.17) is 0 Å². The number of rotatable bonds is 2. The highest BCUT2D eigenvalue weighted by Crippen LogP contribution is 2.28. The molecule has 1 atom stereocenters. The lowest BCUT2D eigenvalue weighted by atomic mass is 9.94. The fourth-order valence-electron chi connectivity index (χ4n) is 2.24. The molecule has 1 heterocycles. The van der Waals surface area contributed by atoms with E-state index in [9.17, 15) is 0 Å². The highest BCUT2D eigenvalue weighted by molar-refractivity contribution is 7.80. The van der Waals surface area contributed by atoms with Gasteiger partial charge in [0.05, 0.1) is 0 Å². The van der Waals surface area contributed by atoms with Gasteiger partial charge in [-0.25, -0.2) is 0 Å². The predicted molar refractivity (Wildman–Crippen MR) is 65.4 cm³/mol. The summed E-state index contributed by atoms with van der Waals surface area (Å²) >= 11 is 4.31. The Morgan fingerprint density at radius 2 is 2.21 bits per heavy atom. The second kappa shape index (κ2) is 4.26. The van der Waals surface area contributed by atoms with E-state index in [1.165, 1.54) is 24.2 Å². The molecule has 2 rings (SSSR count). The summed E-state index contributed by atoms with van der Waals surface area (Å²) in [6.07, 6.45) is 1.22. The Labute approximate surface area is 91.5 Å². The first kappa shape index (κ1) is 9.91. The van der Waals surface area contributed by atoms with Crippen molar-refractivity contribution in [2.75, 3.05) is 23.7 Å². The highest BCUT2D eigenvalue weighted by atomic mass is 32.1. The molecule has 0 saturated heterocycles. The first-order valence-corrected chi connectivity index (χ1v) is 5.88. The van der Waals surface area contributed by atoms with Crippen LogP contribution in [0, 0.1) is 5.92 Å². The van der Waals surface area contributed by atoms with E-state index in [0.29, 0.717) is 0 Å². The van der Waals surface area contributed by atoms with E-state index in [2.05, 4.69) is 48.7 Å². The lowest BCUT2D eigenvalue weighted by Gasteiger charge is -2.34. The number of fused-ring (bicyclic) bond motifs is 1. The normalized spacial score (nSPS) is 20.7. The van der Waals surface area contributed by atoms with Crippen LogP contribution >= 0.6 is 12.6 Å². The van der Waals surface area contributed by atoms with Gasteiger partial charge in [-0.3, -0.25) is 0 Å². The SMILES string of the molecule is CC1Cc2ccccc2N(CCS)C1. The van der Waals surface area contributed by atoms with Gasteiger partial charge in [-0.05, 0) is 24.0 Å². The van der Waals surface area contributed by atoms with Gasteiger partial charge < -0.3 is 4.90 Å². The van der Waals surface area contributed by atoms with Crippen molar-refractivity contribution in [3.63, 3.8) is 0 Å². The van der Waals surface area contributed by atoms with E-state index < -0.39 is 0 Å². The smallest absolute Gasteiger partial charge is 0.0399 e. The number of anilines is 1. The molecule has 2 heteroatoms. The van der Waals surface area contributed by atoms with Crippen molar-refractivity contribution in [2.45, 2.75) is 13.3 Å². The summed E-state index contributed by atoms with van der Waals surface area (Å²) < 4.78 is 0. The monoisotopic (exact) mass is 207 g/mol. The standard InChI is InChI=1S/C12H17NS/c1-10-8-11-4-2-3-5-12(11)13(9-10)6-7-14/h2-5,10,14H,6-9H2,1H3. The second-order valence-electron chi connectivity index (χ2n) is 4.11. The zero-order valence-corrected chi connectivity index (χ0v) is 9.50. The number of para-hydroxylation sites is 1. The Morgan fingerprint density at radius 3 is 3.00 bits per heavy atom. The second-order valence-corrected chi connectivity index (χ2v) is 4.55. The molecule has 0 bridgehead atoms. The van der Waals surface area contributed by atoms with E-state index >= 15 is 0 Å². The summed E-state index contributed by atoms with van der Waals surface area (Å²) in [7, 11) is 0. The van der Waals surface area contributed by atoms with Crippen molar-refractivity contribution in [1.29, 1.82) is 0 Å². The van der Waals surface area contributed by atoms with Crippen LogP contribution in [0.4, 0.5) is 5.69 Å². The maximum atomic E-state index is 4.31. The first-order chi connectivity index (χ1) is 6.81. The molecule has 0 N–H and O–H groups in total. The maximum absolute atomic E-state index is 4.31. The van der Waals surface area contributed by atoms with Gasteiger partial charge in [-0.2, -0.15) is 12.6 Å². The fourth-order valence-corrected chi connectivity index (χ4v) is 2.48. The molecule has 1 nitrogen and oxygen atoms in total.